The van der Waals surface area contributed by atoms with E-state index in [4.69, 9.17) is 4.74 Å². The topological polar surface area (TPSA) is 129 Å². The molecule has 3 rings (SSSR count). The zero-order valence-corrected chi connectivity index (χ0v) is 10.7. The quantitative estimate of drug-likeness (QED) is 0.597. The summed E-state index contributed by atoms with van der Waals surface area (Å²) >= 11 is 0. The van der Waals surface area contributed by atoms with E-state index in [9.17, 15) is 14.4 Å². The molecule has 0 radical (unpaired) electrons. The molecule has 1 aromatic heterocycles. The first-order valence-electron chi connectivity index (χ1n) is 6.10. The number of hydrogen-bond acceptors (Lipinski definition) is 5. The molecular formula is C12H11N5O4. The number of anilines is 1. The summed E-state index contributed by atoms with van der Waals surface area (Å²) < 4.78 is 5.24. The van der Waals surface area contributed by atoms with E-state index in [0.717, 1.165) is 0 Å². The van der Waals surface area contributed by atoms with Crippen LogP contribution in [0.3, 0.4) is 0 Å². The minimum atomic E-state index is -0.433. The van der Waals surface area contributed by atoms with Crippen LogP contribution in [0.1, 0.15) is 16.2 Å². The molecule has 0 unspecified atom stereocenters. The Balaban J connectivity index is 1.70. The first kappa shape index (κ1) is 12.9. The van der Waals surface area contributed by atoms with Crippen molar-refractivity contribution < 1.29 is 14.3 Å². The van der Waals surface area contributed by atoms with E-state index in [1.165, 1.54) is 6.07 Å². The van der Waals surface area contributed by atoms with Gasteiger partial charge in [0.15, 0.2) is 6.61 Å². The summed E-state index contributed by atoms with van der Waals surface area (Å²) in [4.78, 5) is 36.4. The van der Waals surface area contributed by atoms with Crippen LogP contribution in [0.4, 0.5) is 5.69 Å². The second-order valence-corrected chi connectivity index (χ2v) is 4.35. The highest BCUT2D eigenvalue weighted by molar-refractivity contribution is 5.98. The Morgan fingerprint density at radius 2 is 2.24 bits per heavy atom. The van der Waals surface area contributed by atoms with Crippen LogP contribution in [0.15, 0.2) is 23.0 Å². The monoisotopic (exact) mass is 289 g/mol. The highest BCUT2D eigenvalue weighted by Crippen LogP contribution is 2.28. The van der Waals surface area contributed by atoms with E-state index in [1.54, 1.807) is 12.1 Å². The van der Waals surface area contributed by atoms with Crippen molar-refractivity contribution in [3.8, 4) is 5.75 Å². The summed E-state index contributed by atoms with van der Waals surface area (Å²) in [7, 11) is 0. The van der Waals surface area contributed by atoms with Crippen LogP contribution in [0.5, 0.6) is 5.75 Å². The standard InChI is InChI=1S/C12H11N5O4/c18-10-5-21-8-3-6(1-2-7(8)14-10)11(19)13-4-9-15-12(20)17-16-9/h1-3H,4-5H2,(H,13,19)(H,14,18)(H2,15,16,17,20). The van der Waals surface area contributed by atoms with Crippen LogP contribution in [0.2, 0.25) is 0 Å². The number of benzene rings is 1. The summed E-state index contributed by atoms with van der Waals surface area (Å²) in [5.41, 5.74) is 0.472. The number of ether oxygens (including phenoxy) is 1. The molecule has 2 amide bonds. The summed E-state index contributed by atoms with van der Waals surface area (Å²) in [6, 6.07) is 4.70. The van der Waals surface area contributed by atoms with Gasteiger partial charge in [-0.3, -0.25) is 14.6 Å². The molecule has 2 aromatic rings. The van der Waals surface area contributed by atoms with E-state index in [2.05, 4.69) is 25.8 Å². The number of fused-ring (bicyclic) bond motifs is 1. The van der Waals surface area contributed by atoms with Crippen molar-refractivity contribution in [2.24, 2.45) is 0 Å². The van der Waals surface area contributed by atoms with Crippen LogP contribution < -0.4 is 21.1 Å². The molecule has 1 aliphatic heterocycles. The third-order valence-electron chi connectivity index (χ3n) is 2.84. The lowest BCUT2D eigenvalue weighted by Crippen LogP contribution is -2.27. The fraction of sp³-hybridized carbons (Fsp3) is 0.167. The number of aromatic nitrogens is 3. The van der Waals surface area contributed by atoms with Gasteiger partial charge in [0.1, 0.15) is 11.6 Å². The minimum Gasteiger partial charge on any atom is -0.482 e. The maximum absolute atomic E-state index is 12.0. The third-order valence-corrected chi connectivity index (χ3v) is 2.84. The number of rotatable bonds is 3. The number of carbonyl (C=O) groups is 2. The van der Waals surface area contributed by atoms with Crippen molar-refractivity contribution in [2.45, 2.75) is 6.54 Å². The lowest BCUT2D eigenvalue weighted by atomic mass is 10.1. The molecule has 1 aromatic carbocycles. The lowest BCUT2D eigenvalue weighted by molar-refractivity contribution is -0.118. The highest BCUT2D eigenvalue weighted by atomic mass is 16.5. The van der Waals surface area contributed by atoms with Gasteiger partial charge in [-0.25, -0.2) is 9.89 Å². The van der Waals surface area contributed by atoms with Gasteiger partial charge in [0.25, 0.3) is 11.8 Å². The van der Waals surface area contributed by atoms with Gasteiger partial charge in [-0.1, -0.05) is 0 Å². The van der Waals surface area contributed by atoms with Gasteiger partial charge in [-0.2, -0.15) is 5.10 Å². The molecule has 9 heteroatoms. The molecule has 2 heterocycles. The molecule has 9 nitrogen and oxygen atoms in total. The van der Waals surface area contributed by atoms with Crippen molar-refractivity contribution in [3.05, 3.63) is 40.1 Å². The van der Waals surface area contributed by atoms with Crippen LogP contribution in [-0.2, 0) is 11.3 Å². The third kappa shape index (κ3) is 2.76. The summed E-state index contributed by atoms with van der Waals surface area (Å²) in [6.07, 6.45) is 0. The van der Waals surface area contributed by atoms with Crippen LogP contribution in [0.25, 0.3) is 0 Å². The molecule has 0 aliphatic carbocycles. The first-order valence-corrected chi connectivity index (χ1v) is 6.10. The Hall–Kier alpha value is -3.10. The minimum absolute atomic E-state index is 0.0768. The molecule has 0 bridgehead atoms. The second kappa shape index (κ2) is 5.12. The largest absolute Gasteiger partial charge is 0.482 e. The van der Waals surface area contributed by atoms with Crippen molar-refractivity contribution >= 4 is 17.5 Å². The molecule has 4 N–H and O–H groups in total. The first-order chi connectivity index (χ1) is 10.1. The van der Waals surface area contributed by atoms with E-state index < -0.39 is 5.69 Å². The van der Waals surface area contributed by atoms with Crippen LogP contribution in [-0.4, -0.2) is 33.6 Å². The molecule has 0 saturated heterocycles. The fourth-order valence-corrected chi connectivity index (χ4v) is 1.87. The number of amides is 2. The molecule has 21 heavy (non-hydrogen) atoms. The zero-order chi connectivity index (χ0) is 14.8. The van der Waals surface area contributed by atoms with Crippen molar-refractivity contribution in [2.75, 3.05) is 11.9 Å². The van der Waals surface area contributed by atoms with Gasteiger partial charge in [-0.15, -0.1) is 0 Å². The Kier molecular flexibility index (Phi) is 3.14. The Labute approximate surface area is 117 Å². The van der Waals surface area contributed by atoms with E-state index in [-0.39, 0.29) is 25.0 Å². The van der Waals surface area contributed by atoms with Crippen molar-refractivity contribution in [3.63, 3.8) is 0 Å². The number of nitrogens with zero attached hydrogens (tertiary/aromatic N) is 1. The number of aromatic amines is 2. The Morgan fingerprint density at radius 1 is 1.38 bits per heavy atom. The number of nitrogens with one attached hydrogen (secondary N) is 4. The molecule has 0 fully saturated rings. The van der Waals surface area contributed by atoms with Crippen LogP contribution in [0, 0.1) is 0 Å². The van der Waals surface area contributed by atoms with Gasteiger partial charge < -0.3 is 15.4 Å². The maximum atomic E-state index is 12.0. The van der Waals surface area contributed by atoms with E-state index in [0.29, 0.717) is 22.8 Å². The predicted octanol–water partition coefficient (Wildman–Crippen LogP) is -0.641. The molecule has 0 spiro atoms. The fourth-order valence-electron chi connectivity index (χ4n) is 1.87. The summed E-state index contributed by atoms with van der Waals surface area (Å²) in [5, 5.41) is 11.1. The number of hydrogen-bond donors (Lipinski definition) is 4. The van der Waals surface area contributed by atoms with Gasteiger partial charge in [0, 0.05) is 5.56 Å². The van der Waals surface area contributed by atoms with E-state index in [1.807, 2.05) is 0 Å². The smallest absolute Gasteiger partial charge is 0.340 e. The molecule has 0 saturated carbocycles. The van der Waals surface area contributed by atoms with E-state index >= 15 is 0 Å². The molecule has 0 atom stereocenters. The van der Waals surface area contributed by atoms with Gasteiger partial charge >= 0.3 is 5.69 Å². The van der Waals surface area contributed by atoms with Crippen molar-refractivity contribution in [1.29, 1.82) is 0 Å². The average Bonchev–Trinajstić information content (AvgIpc) is 2.90. The predicted molar refractivity (Wildman–Crippen MR) is 70.9 cm³/mol. The average molecular weight is 289 g/mol. The second-order valence-electron chi connectivity index (χ2n) is 4.35. The summed E-state index contributed by atoms with van der Waals surface area (Å²) in [6.45, 7) is 0.0127. The van der Waals surface area contributed by atoms with Gasteiger partial charge in [-0.05, 0) is 18.2 Å². The molecule has 108 valence electrons. The lowest BCUT2D eigenvalue weighted by Gasteiger charge is -2.18. The highest BCUT2D eigenvalue weighted by Gasteiger charge is 2.17. The molecular weight excluding hydrogens is 278 g/mol. The Morgan fingerprint density at radius 3 is 3.00 bits per heavy atom. The van der Waals surface area contributed by atoms with Gasteiger partial charge in [0.05, 0.1) is 12.2 Å². The Bertz CT molecular complexity index is 763. The zero-order valence-electron chi connectivity index (χ0n) is 10.7. The maximum Gasteiger partial charge on any atom is 0.340 e. The van der Waals surface area contributed by atoms with Gasteiger partial charge in [0.2, 0.25) is 0 Å². The summed E-state index contributed by atoms with van der Waals surface area (Å²) in [5.74, 6) is 0.189. The normalized spacial score (nSPS) is 13.0. The number of carbonyl (C=O) groups excluding carboxylic acids is 2. The van der Waals surface area contributed by atoms with Crippen molar-refractivity contribution in [1.82, 2.24) is 20.5 Å². The number of H-pyrrole nitrogens is 2. The SMILES string of the molecule is O=C1COc2cc(C(=O)NCc3n[nH]c(=O)[nH]3)ccc2N1. The van der Waals surface area contributed by atoms with Crippen LogP contribution >= 0.6 is 0 Å². The molecule has 1 aliphatic rings.